The summed E-state index contributed by atoms with van der Waals surface area (Å²) in [6.07, 6.45) is 0.472. The van der Waals surface area contributed by atoms with Crippen molar-refractivity contribution < 1.29 is 13.2 Å². The summed E-state index contributed by atoms with van der Waals surface area (Å²) in [5, 5.41) is 0. The third-order valence-electron chi connectivity index (χ3n) is 1.75. The zero-order chi connectivity index (χ0) is 11.4. The normalized spacial score (nSPS) is 14.1. The zero-order valence-corrected chi connectivity index (χ0v) is 9.60. The molecule has 0 radical (unpaired) electrons. The van der Waals surface area contributed by atoms with E-state index in [1.807, 2.05) is 4.72 Å². The lowest BCUT2D eigenvalue weighted by Crippen LogP contribution is -2.46. The molecule has 3 N–H and O–H groups in total. The van der Waals surface area contributed by atoms with Crippen LogP contribution in [-0.2, 0) is 14.8 Å². The van der Waals surface area contributed by atoms with Crippen molar-refractivity contribution in [2.75, 3.05) is 5.75 Å². The van der Waals surface area contributed by atoms with Crippen molar-refractivity contribution in [3.8, 4) is 0 Å². The lowest BCUT2D eigenvalue weighted by atomic mass is 10.1. The standard InChI is InChI=1S/C8H18N2O3S/c1-4-5-14(12,13)10-8(11)7(9)6(2)3/h6-7H,4-5,9H2,1-3H3,(H,10,11)/t7-/m1/s1. The Labute approximate surface area is 85.1 Å². The first-order valence-electron chi connectivity index (χ1n) is 4.60. The van der Waals surface area contributed by atoms with Crippen molar-refractivity contribution in [1.82, 2.24) is 4.72 Å². The van der Waals surface area contributed by atoms with Gasteiger partial charge in [-0.05, 0) is 12.3 Å². The third kappa shape index (κ3) is 4.57. The Balaban J connectivity index is 4.33. The molecule has 0 aromatic heterocycles. The number of sulfonamides is 1. The summed E-state index contributed by atoms with van der Waals surface area (Å²) in [6, 6.07) is -0.776. The van der Waals surface area contributed by atoms with Crippen molar-refractivity contribution in [2.45, 2.75) is 33.2 Å². The van der Waals surface area contributed by atoms with E-state index in [0.29, 0.717) is 6.42 Å². The Morgan fingerprint density at radius 2 is 1.93 bits per heavy atom. The highest BCUT2D eigenvalue weighted by Crippen LogP contribution is 1.99. The van der Waals surface area contributed by atoms with E-state index in [1.165, 1.54) is 0 Å². The van der Waals surface area contributed by atoms with Crippen molar-refractivity contribution in [2.24, 2.45) is 11.7 Å². The molecule has 0 rings (SSSR count). The van der Waals surface area contributed by atoms with Crippen LogP contribution in [0.1, 0.15) is 27.2 Å². The molecule has 0 aromatic rings. The molecule has 6 heteroatoms. The molecule has 0 fully saturated rings. The highest BCUT2D eigenvalue weighted by molar-refractivity contribution is 7.90. The Morgan fingerprint density at radius 3 is 2.29 bits per heavy atom. The molecule has 0 unspecified atom stereocenters. The van der Waals surface area contributed by atoms with Crippen molar-refractivity contribution in [1.29, 1.82) is 0 Å². The highest BCUT2D eigenvalue weighted by atomic mass is 32.2. The fourth-order valence-electron chi connectivity index (χ4n) is 0.844. The smallest absolute Gasteiger partial charge is 0.250 e. The highest BCUT2D eigenvalue weighted by Gasteiger charge is 2.21. The van der Waals surface area contributed by atoms with Crippen molar-refractivity contribution in [3.05, 3.63) is 0 Å². The molecule has 0 spiro atoms. The molecule has 0 aliphatic carbocycles. The summed E-state index contributed by atoms with van der Waals surface area (Å²) in [6.45, 7) is 5.25. The first kappa shape index (κ1) is 13.4. The minimum Gasteiger partial charge on any atom is -0.320 e. The van der Waals surface area contributed by atoms with Crippen molar-refractivity contribution in [3.63, 3.8) is 0 Å². The fourth-order valence-corrected chi connectivity index (χ4v) is 1.93. The van der Waals surface area contributed by atoms with Gasteiger partial charge < -0.3 is 5.73 Å². The minimum atomic E-state index is -3.49. The summed E-state index contributed by atoms with van der Waals surface area (Å²) in [5.41, 5.74) is 5.49. The number of carbonyl (C=O) groups is 1. The maximum absolute atomic E-state index is 11.3. The van der Waals surface area contributed by atoms with Crippen LogP contribution in [0.2, 0.25) is 0 Å². The van der Waals surface area contributed by atoms with Crippen LogP contribution in [0.3, 0.4) is 0 Å². The van der Waals surface area contributed by atoms with Gasteiger partial charge in [-0.3, -0.25) is 9.52 Å². The van der Waals surface area contributed by atoms with Gasteiger partial charge in [-0.25, -0.2) is 8.42 Å². The zero-order valence-electron chi connectivity index (χ0n) is 8.78. The minimum absolute atomic E-state index is 0.0520. The van der Waals surface area contributed by atoms with E-state index < -0.39 is 22.0 Å². The van der Waals surface area contributed by atoms with Crippen LogP contribution in [0.15, 0.2) is 0 Å². The van der Waals surface area contributed by atoms with E-state index in [-0.39, 0.29) is 11.7 Å². The van der Waals surface area contributed by atoms with Gasteiger partial charge in [0.2, 0.25) is 10.0 Å². The van der Waals surface area contributed by atoms with Gasteiger partial charge in [0, 0.05) is 0 Å². The third-order valence-corrected chi connectivity index (χ3v) is 3.21. The van der Waals surface area contributed by atoms with E-state index in [9.17, 15) is 13.2 Å². The Hall–Kier alpha value is -0.620. The summed E-state index contributed by atoms with van der Waals surface area (Å²) < 4.78 is 24.3. The van der Waals surface area contributed by atoms with Gasteiger partial charge in [0.25, 0.3) is 5.91 Å². The number of hydrogen-bond acceptors (Lipinski definition) is 4. The molecule has 1 amide bonds. The van der Waals surface area contributed by atoms with Crippen LogP contribution >= 0.6 is 0 Å². The molecule has 0 aromatic carbocycles. The molecule has 14 heavy (non-hydrogen) atoms. The van der Waals surface area contributed by atoms with Crippen LogP contribution in [0.5, 0.6) is 0 Å². The van der Waals surface area contributed by atoms with Gasteiger partial charge >= 0.3 is 0 Å². The molecular formula is C8H18N2O3S. The van der Waals surface area contributed by atoms with Crippen LogP contribution in [0.4, 0.5) is 0 Å². The molecule has 84 valence electrons. The second-order valence-electron chi connectivity index (χ2n) is 3.55. The van der Waals surface area contributed by atoms with Gasteiger partial charge in [-0.2, -0.15) is 0 Å². The largest absolute Gasteiger partial charge is 0.320 e. The average Bonchev–Trinajstić information content (AvgIpc) is 2.01. The van der Waals surface area contributed by atoms with Crippen LogP contribution in [0.25, 0.3) is 0 Å². The van der Waals surface area contributed by atoms with E-state index >= 15 is 0 Å². The lowest BCUT2D eigenvalue weighted by Gasteiger charge is -2.14. The number of rotatable bonds is 5. The number of amides is 1. The van der Waals surface area contributed by atoms with Gasteiger partial charge in [-0.15, -0.1) is 0 Å². The maximum atomic E-state index is 11.3. The number of nitrogens with two attached hydrogens (primary N) is 1. The fraction of sp³-hybridized carbons (Fsp3) is 0.875. The molecule has 0 saturated carbocycles. The SMILES string of the molecule is CCCS(=O)(=O)NC(=O)[C@H](N)C(C)C. The number of nitrogens with one attached hydrogen (secondary N) is 1. The second kappa shape index (κ2) is 5.31. The Bertz CT molecular complexity index is 285. The summed E-state index contributed by atoms with van der Waals surface area (Å²) >= 11 is 0. The molecule has 0 aliphatic rings. The summed E-state index contributed by atoms with van der Waals surface area (Å²) in [5.74, 6) is -0.760. The van der Waals surface area contributed by atoms with Gasteiger partial charge in [0.05, 0.1) is 11.8 Å². The monoisotopic (exact) mass is 222 g/mol. The summed E-state index contributed by atoms with van der Waals surface area (Å²) in [7, 11) is -3.49. The van der Waals surface area contributed by atoms with Gasteiger partial charge in [0.1, 0.15) is 0 Å². The molecule has 0 heterocycles. The van der Waals surface area contributed by atoms with Crippen molar-refractivity contribution >= 4 is 15.9 Å². The molecule has 1 atom stereocenters. The first-order valence-corrected chi connectivity index (χ1v) is 6.25. The van der Waals surface area contributed by atoms with Gasteiger partial charge in [0.15, 0.2) is 0 Å². The lowest BCUT2D eigenvalue weighted by molar-refractivity contribution is -0.121. The second-order valence-corrected chi connectivity index (χ2v) is 5.40. The first-order chi connectivity index (χ1) is 6.30. The topological polar surface area (TPSA) is 89.3 Å². The summed E-state index contributed by atoms with van der Waals surface area (Å²) in [4.78, 5) is 11.3. The van der Waals surface area contributed by atoms with E-state index in [4.69, 9.17) is 5.73 Å². The molecule has 0 bridgehead atoms. The predicted molar refractivity (Wildman–Crippen MR) is 55.0 cm³/mol. The molecule has 0 saturated heterocycles. The number of hydrogen-bond donors (Lipinski definition) is 2. The molecule has 0 aliphatic heterocycles. The maximum Gasteiger partial charge on any atom is 0.250 e. The quantitative estimate of drug-likeness (QED) is 0.675. The molecule has 5 nitrogen and oxygen atoms in total. The van der Waals surface area contributed by atoms with Crippen LogP contribution < -0.4 is 10.5 Å². The predicted octanol–water partition coefficient (Wildman–Crippen LogP) is -0.174. The van der Waals surface area contributed by atoms with E-state index in [0.717, 1.165) is 0 Å². The molecular weight excluding hydrogens is 204 g/mol. The van der Waals surface area contributed by atoms with E-state index in [1.54, 1.807) is 20.8 Å². The van der Waals surface area contributed by atoms with Crippen LogP contribution in [0, 0.1) is 5.92 Å². The van der Waals surface area contributed by atoms with Crippen LogP contribution in [-0.4, -0.2) is 26.1 Å². The van der Waals surface area contributed by atoms with E-state index in [2.05, 4.69) is 0 Å². The number of carbonyl (C=O) groups excluding carboxylic acids is 1. The average molecular weight is 222 g/mol. The Morgan fingerprint density at radius 1 is 1.43 bits per heavy atom. The Kier molecular flexibility index (Phi) is 5.07. The van der Waals surface area contributed by atoms with Gasteiger partial charge in [-0.1, -0.05) is 20.8 Å².